The van der Waals surface area contributed by atoms with E-state index in [1.54, 1.807) is 25.1 Å². The molecule has 2 aromatic carbocycles. The molecule has 5 heteroatoms. The lowest BCUT2D eigenvalue weighted by atomic mass is 9.86. The van der Waals surface area contributed by atoms with Gasteiger partial charge in [-0.15, -0.1) is 0 Å². The van der Waals surface area contributed by atoms with Crippen LogP contribution in [0.3, 0.4) is 0 Å². The first kappa shape index (κ1) is 25.9. The Labute approximate surface area is 203 Å². The number of rotatable bonds is 8. The van der Waals surface area contributed by atoms with Gasteiger partial charge in [-0.3, -0.25) is 9.59 Å². The average molecular weight is 467 g/mol. The zero-order valence-corrected chi connectivity index (χ0v) is 21.1. The number of hydrogen-bond acceptors (Lipinski definition) is 2. The van der Waals surface area contributed by atoms with Crippen molar-refractivity contribution in [3.63, 3.8) is 0 Å². The van der Waals surface area contributed by atoms with Crippen molar-refractivity contribution in [2.45, 2.75) is 96.7 Å². The molecule has 1 N–H and O–H groups in total. The van der Waals surface area contributed by atoms with Gasteiger partial charge < -0.3 is 10.2 Å². The summed E-state index contributed by atoms with van der Waals surface area (Å²) in [4.78, 5) is 27.9. The highest BCUT2D eigenvalue weighted by molar-refractivity contribution is 5.87. The maximum atomic E-state index is 14.4. The largest absolute Gasteiger partial charge is 0.352 e. The fraction of sp³-hybridized carbons (Fsp3) is 0.517. The molecule has 1 aliphatic carbocycles. The first-order valence-electron chi connectivity index (χ1n) is 12.6. The van der Waals surface area contributed by atoms with E-state index in [2.05, 4.69) is 50.4 Å². The average Bonchev–Trinajstić information content (AvgIpc) is 2.82. The molecule has 0 spiro atoms. The molecule has 0 aromatic heterocycles. The van der Waals surface area contributed by atoms with Crippen molar-refractivity contribution < 1.29 is 14.0 Å². The van der Waals surface area contributed by atoms with Crippen molar-refractivity contribution in [2.24, 2.45) is 0 Å². The molecule has 0 aliphatic heterocycles. The molecule has 4 nitrogen and oxygen atoms in total. The SMILES string of the molecule is CC(C(=O)NC1CCCCC1)N(Cc1ccccc1F)C(=O)CCc1ccc(C(C)(C)C)cc1. The van der Waals surface area contributed by atoms with Crippen LogP contribution < -0.4 is 5.32 Å². The Morgan fingerprint density at radius 1 is 1.03 bits per heavy atom. The van der Waals surface area contributed by atoms with E-state index >= 15 is 0 Å². The van der Waals surface area contributed by atoms with Gasteiger partial charge in [0.15, 0.2) is 0 Å². The molecule has 2 amide bonds. The summed E-state index contributed by atoms with van der Waals surface area (Å²) in [6, 6.07) is 14.3. The van der Waals surface area contributed by atoms with Gasteiger partial charge in [-0.2, -0.15) is 0 Å². The molecular weight excluding hydrogens is 427 g/mol. The van der Waals surface area contributed by atoms with E-state index in [1.807, 2.05) is 0 Å². The lowest BCUT2D eigenvalue weighted by Crippen LogP contribution is -2.50. The highest BCUT2D eigenvalue weighted by atomic mass is 19.1. The maximum absolute atomic E-state index is 14.4. The summed E-state index contributed by atoms with van der Waals surface area (Å²) in [7, 11) is 0. The Bertz CT molecular complexity index is 959. The molecule has 2 aromatic rings. The molecule has 0 saturated heterocycles. The Morgan fingerprint density at radius 3 is 2.29 bits per heavy atom. The molecule has 1 atom stereocenters. The quantitative estimate of drug-likeness (QED) is 0.525. The Morgan fingerprint density at radius 2 is 1.68 bits per heavy atom. The fourth-order valence-corrected chi connectivity index (χ4v) is 4.53. The first-order chi connectivity index (χ1) is 16.1. The maximum Gasteiger partial charge on any atom is 0.242 e. The number of amides is 2. The predicted octanol–water partition coefficient (Wildman–Crippen LogP) is 5.92. The third-order valence-corrected chi connectivity index (χ3v) is 6.86. The molecule has 1 fully saturated rings. The smallest absolute Gasteiger partial charge is 0.242 e. The number of benzene rings is 2. The Balaban J connectivity index is 1.70. The number of hydrogen-bond donors (Lipinski definition) is 1. The van der Waals surface area contributed by atoms with E-state index in [1.165, 1.54) is 23.0 Å². The summed E-state index contributed by atoms with van der Waals surface area (Å²) in [5.74, 6) is -0.668. The second-order valence-electron chi connectivity index (χ2n) is 10.6. The van der Waals surface area contributed by atoms with Gasteiger partial charge in [0, 0.05) is 24.6 Å². The number of carbonyl (C=O) groups is 2. The van der Waals surface area contributed by atoms with E-state index in [0.29, 0.717) is 12.0 Å². The van der Waals surface area contributed by atoms with Crippen molar-refractivity contribution in [1.29, 1.82) is 0 Å². The molecule has 1 saturated carbocycles. The number of carbonyl (C=O) groups excluding carboxylic acids is 2. The van der Waals surface area contributed by atoms with Gasteiger partial charge in [0.1, 0.15) is 11.9 Å². The van der Waals surface area contributed by atoms with E-state index < -0.39 is 6.04 Å². The lowest BCUT2D eigenvalue weighted by molar-refractivity contribution is -0.141. The zero-order chi connectivity index (χ0) is 24.7. The van der Waals surface area contributed by atoms with Gasteiger partial charge in [-0.1, -0.05) is 82.5 Å². The van der Waals surface area contributed by atoms with Crippen LogP contribution in [0.5, 0.6) is 0 Å². The van der Waals surface area contributed by atoms with Crippen molar-refractivity contribution >= 4 is 11.8 Å². The zero-order valence-electron chi connectivity index (χ0n) is 21.1. The van der Waals surface area contributed by atoms with Gasteiger partial charge in [0.2, 0.25) is 11.8 Å². The molecule has 184 valence electrons. The van der Waals surface area contributed by atoms with E-state index in [4.69, 9.17) is 0 Å². The summed E-state index contributed by atoms with van der Waals surface area (Å²) in [5.41, 5.74) is 2.82. The van der Waals surface area contributed by atoms with Gasteiger partial charge in [0.05, 0.1) is 0 Å². The minimum atomic E-state index is -0.669. The van der Waals surface area contributed by atoms with Crippen LogP contribution in [0.2, 0.25) is 0 Å². The van der Waals surface area contributed by atoms with Crippen LogP contribution in [-0.2, 0) is 28.0 Å². The number of aryl methyl sites for hydroxylation is 1. The molecule has 1 aliphatic rings. The third kappa shape index (κ3) is 7.15. The van der Waals surface area contributed by atoms with Crippen LogP contribution in [0.1, 0.15) is 82.9 Å². The van der Waals surface area contributed by atoms with Crippen LogP contribution in [0.15, 0.2) is 48.5 Å². The summed E-state index contributed by atoms with van der Waals surface area (Å²) in [6.45, 7) is 8.34. The summed E-state index contributed by atoms with van der Waals surface area (Å²) in [6.07, 6.45) is 6.24. The minimum absolute atomic E-state index is 0.0754. The monoisotopic (exact) mass is 466 g/mol. The van der Waals surface area contributed by atoms with E-state index in [0.717, 1.165) is 31.2 Å². The van der Waals surface area contributed by atoms with Crippen LogP contribution in [0, 0.1) is 5.82 Å². The second kappa shape index (κ2) is 11.6. The standard InChI is InChI=1S/C29H39FN2O2/c1-21(28(34)31-25-11-6-5-7-12-25)32(20-23-10-8-9-13-26(23)30)27(33)19-16-22-14-17-24(18-15-22)29(2,3)4/h8-10,13-15,17-18,21,25H,5-7,11-12,16,19-20H2,1-4H3,(H,31,34). The Hall–Kier alpha value is -2.69. The van der Waals surface area contributed by atoms with Crippen molar-refractivity contribution in [1.82, 2.24) is 10.2 Å². The van der Waals surface area contributed by atoms with Gasteiger partial charge in [-0.25, -0.2) is 4.39 Å². The Kier molecular flexibility index (Phi) is 8.87. The van der Waals surface area contributed by atoms with Crippen LogP contribution in [-0.4, -0.2) is 28.8 Å². The van der Waals surface area contributed by atoms with Crippen molar-refractivity contribution in [2.75, 3.05) is 0 Å². The molecule has 0 radical (unpaired) electrons. The van der Waals surface area contributed by atoms with Gasteiger partial charge in [0.25, 0.3) is 0 Å². The molecule has 3 rings (SSSR count). The summed E-state index contributed by atoms with van der Waals surface area (Å²) >= 11 is 0. The number of halogens is 1. The normalized spacial score (nSPS) is 15.6. The third-order valence-electron chi connectivity index (χ3n) is 6.86. The summed E-state index contributed by atoms with van der Waals surface area (Å²) < 4.78 is 14.4. The first-order valence-corrected chi connectivity index (χ1v) is 12.6. The lowest BCUT2D eigenvalue weighted by Gasteiger charge is -2.31. The van der Waals surface area contributed by atoms with Crippen LogP contribution in [0.25, 0.3) is 0 Å². The van der Waals surface area contributed by atoms with Crippen molar-refractivity contribution in [3.8, 4) is 0 Å². The van der Waals surface area contributed by atoms with Gasteiger partial charge >= 0.3 is 0 Å². The molecule has 34 heavy (non-hydrogen) atoms. The van der Waals surface area contributed by atoms with Gasteiger partial charge in [-0.05, 0) is 48.8 Å². The molecule has 0 heterocycles. The number of nitrogens with zero attached hydrogens (tertiary/aromatic N) is 1. The highest BCUT2D eigenvalue weighted by Crippen LogP contribution is 2.23. The fourth-order valence-electron chi connectivity index (χ4n) is 4.53. The van der Waals surface area contributed by atoms with Crippen LogP contribution >= 0.6 is 0 Å². The van der Waals surface area contributed by atoms with Crippen LogP contribution in [0.4, 0.5) is 4.39 Å². The highest BCUT2D eigenvalue weighted by Gasteiger charge is 2.28. The number of nitrogens with one attached hydrogen (secondary N) is 1. The molecule has 0 bridgehead atoms. The topological polar surface area (TPSA) is 49.4 Å². The summed E-state index contributed by atoms with van der Waals surface area (Å²) in [5, 5.41) is 3.12. The molecular formula is C29H39FN2O2. The minimum Gasteiger partial charge on any atom is -0.352 e. The molecule has 1 unspecified atom stereocenters. The van der Waals surface area contributed by atoms with Crippen molar-refractivity contribution in [3.05, 3.63) is 71.0 Å². The second-order valence-corrected chi connectivity index (χ2v) is 10.6. The predicted molar refractivity (Wildman–Crippen MR) is 135 cm³/mol. The van der Waals surface area contributed by atoms with E-state index in [9.17, 15) is 14.0 Å². The van der Waals surface area contributed by atoms with E-state index in [-0.39, 0.29) is 42.1 Å².